The number of quaternary nitrogens is 1. The van der Waals surface area contributed by atoms with Gasteiger partial charge in [0.15, 0.2) is 0 Å². The van der Waals surface area contributed by atoms with Crippen LogP contribution >= 0.6 is 23.2 Å². The van der Waals surface area contributed by atoms with Crippen molar-refractivity contribution in [3.63, 3.8) is 0 Å². The van der Waals surface area contributed by atoms with Crippen molar-refractivity contribution in [2.24, 2.45) is 13.0 Å². The van der Waals surface area contributed by atoms with E-state index in [4.69, 9.17) is 33.3 Å². The van der Waals surface area contributed by atoms with Crippen LogP contribution in [0.25, 0.3) is 0 Å². The highest BCUT2D eigenvalue weighted by Crippen LogP contribution is 2.42. The van der Waals surface area contributed by atoms with Gasteiger partial charge in [-0.3, -0.25) is 25.2 Å². The lowest BCUT2D eigenvalue weighted by Gasteiger charge is -2.27. The van der Waals surface area contributed by atoms with Gasteiger partial charge in [-0.1, -0.05) is 43.1 Å². The van der Waals surface area contributed by atoms with Gasteiger partial charge in [0.05, 0.1) is 35.6 Å². The fourth-order valence-corrected chi connectivity index (χ4v) is 4.90. The predicted molar refractivity (Wildman–Crippen MR) is 152 cm³/mol. The standard InChI is InChI=1S/C27H28Cl2FN7O3/c1-13(2)22(33-19-11-32-27(35(3)4)34-24(19)40-6)20-21(31)26(39)37(15-10-17(29)25(38)36(5)12-15)23(20)14-7-8-16(28)18(30)9-14/h7-13,23,31,33H,1-6H3/p+1/b22-20+,31-21?. The van der Waals surface area contributed by atoms with Crippen LogP contribution in [0.3, 0.4) is 0 Å². The monoisotopic (exact) mass is 588 g/mol. The lowest BCUT2D eigenvalue weighted by atomic mass is 9.92. The molecule has 13 heteroatoms. The van der Waals surface area contributed by atoms with Crippen molar-refractivity contribution in [2.45, 2.75) is 19.9 Å². The number of hydrogen-bond acceptors (Lipinski definition) is 7. The smallest absolute Gasteiger partial charge is 0.281 e. The third-order valence-corrected chi connectivity index (χ3v) is 7.08. The van der Waals surface area contributed by atoms with E-state index in [-0.39, 0.29) is 27.4 Å². The Bertz CT molecular complexity index is 1580. The summed E-state index contributed by atoms with van der Waals surface area (Å²) in [6.45, 7) is 3.84. The largest absolute Gasteiger partial charge is 0.477 e. The van der Waals surface area contributed by atoms with Gasteiger partial charge in [0, 0.05) is 33.3 Å². The number of ether oxygens (including phenoxy) is 1. The molecule has 210 valence electrons. The Morgan fingerprint density at radius 2 is 1.90 bits per heavy atom. The molecule has 1 aromatic carbocycles. The van der Waals surface area contributed by atoms with Gasteiger partial charge >= 0.3 is 0 Å². The van der Waals surface area contributed by atoms with Crippen LogP contribution in [-0.2, 0) is 11.8 Å². The highest BCUT2D eigenvalue weighted by atomic mass is 35.5. The summed E-state index contributed by atoms with van der Waals surface area (Å²) in [5, 5.41) is 10.5. The summed E-state index contributed by atoms with van der Waals surface area (Å²) in [5.74, 6) is -0.743. The van der Waals surface area contributed by atoms with E-state index in [1.165, 1.54) is 48.0 Å². The molecule has 1 fully saturated rings. The molecule has 0 aliphatic carbocycles. The quantitative estimate of drug-likeness (QED) is 0.435. The molecule has 3 N–H and O–H groups in total. The zero-order chi connectivity index (χ0) is 29.5. The molecule has 0 radical (unpaired) electrons. The summed E-state index contributed by atoms with van der Waals surface area (Å²) in [5.41, 5.74) is 1.44. The minimum Gasteiger partial charge on any atom is -0.477 e. The minimum absolute atomic E-state index is 0.0797. The van der Waals surface area contributed by atoms with Gasteiger partial charge in [0.2, 0.25) is 11.6 Å². The number of hydrogen-bond donors (Lipinski definition) is 2. The second kappa shape index (κ2) is 11.4. The van der Waals surface area contributed by atoms with E-state index in [0.717, 1.165) is 0 Å². The number of methoxy groups -OCH3 is 1. The van der Waals surface area contributed by atoms with Gasteiger partial charge < -0.3 is 14.2 Å². The molecule has 2 aromatic heterocycles. The Morgan fingerprint density at radius 3 is 2.48 bits per heavy atom. The first-order valence-corrected chi connectivity index (χ1v) is 13.0. The number of pyridine rings is 1. The average molecular weight is 589 g/mol. The number of halogens is 3. The summed E-state index contributed by atoms with van der Waals surface area (Å²) in [6.07, 6.45) is 3.06. The average Bonchev–Trinajstić information content (AvgIpc) is 3.16. The molecule has 1 saturated heterocycles. The maximum absolute atomic E-state index is 14.8. The van der Waals surface area contributed by atoms with Crippen LogP contribution in [-0.4, -0.2) is 47.4 Å². The highest BCUT2D eigenvalue weighted by molar-refractivity contribution is 6.52. The summed E-state index contributed by atoms with van der Waals surface area (Å²) in [6, 6.07) is 4.68. The number of anilines is 2. The van der Waals surface area contributed by atoms with E-state index < -0.39 is 23.3 Å². The van der Waals surface area contributed by atoms with Crippen molar-refractivity contribution < 1.29 is 19.2 Å². The van der Waals surface area contributed by atoms with E-state index in [2.05, 4.69) is 9.97 Å². The Balaban J connectivity index is 1.98. The number of carbonyl (C=O) groups excluding carboxylic acids is 1. The summed E-state index contributed by atoms with van der Waals surface area (Å²) < 4.78 is 21.5. The molecule has 3 heterocycles. The molecule has 3 aromatic rings. The Kier molecular flexibility index (Phi) is 8.29. The first-order chi connectivity index (χ1) is 18.8. The number of carbonyl (C=O) groups is 1. The molecular formula is C27H29Cl2FN7O3+. The first-order valence-electron chi connectivity index (χ1n) is 12.3. The zero-order valence-electron chi connectivity index (χ0n) is 22.8. The molecular weight excluding hydrogens is 560 g/mol. The molecule has 1 aliphatic rings. The first kappa shape index (κ1) is 29.2. The van der Waals surface area contributed by atoms with Crippen LogP contribution in [0.5, 0.6) is 5.88 Å². The predicted octanol–water partition coefficient (Wildman–Crippen LogP) is 3.61. The van der Waals surface area contributed by atoms with Gasteiger partial charge in [-0.15, -0.1) is 0 Å². The van der Waals surface area contributed by atoms with E-state index >= 15 is 0 Å². The number of allylic oxidation sites excluding steroid dienone is 1. The highest BCUT2D eigenvalue weighted by Gasteiger charge is 2.46. The Labute approximate surface area is 240 Å². The zero-order valence-corrected chi connectivity index (χ0v) is 24.3. The fraction of sp³-hybridized carbons (Fsp3) is 0.296. The number of aryl methyl sites for hydroxylation is 1. The molecule has 0 saturated carbocycles. The van der Waals surface area contributed by atoms with Crippen LogP contribution in [0.1, 0.15) is 25.5 Å². The fourth-order valence-electron chi connectivity index (χ4n) is 4.54. The molecule has 40 heavy (non-hydrogen) atoms. The second-order valence-electron chi connectivity index (χ2n) is 9.79. The normalized spacial score (nSPS) is 16.6. The summed E-state index contributed by atoms with van der Waals surface area (Å²) >= 11 is 12.2. The van der Waals surface area contributed by atoms with E-state index in [1.807, 2.05) is 13.8 Å². The third kappa shape index (κ3) is 5.32. The minimum atomic E-state index is -0.929. The number of benzene rings is 1. The van der Waals surface area contributed by atoms with Crippen LogP contribution in [0.2, 0.25) is 10.0 Å². The summed E-state index contributed by atoms with van der Waals surface area (Å²) in [4.78, 5) is 37.9. The van der Waals surface area contributed by atoms with Gasteiger partial charge in [-0.25, -0.2) is 9.37 Å². The van der Waals surface area contributed by atoms with E-state index in [9.17, 15) is 14.0 Å². The molecule has 10 nitrogen and oxygen atoms in total. The lowest BCUT2D eigenvalue weighted by Crippen LogP contribution is -2.77. The SMILES string of the molecule is COc1nc(N(C)C)ncc1[NH2+]/C(=C1\C(=N)C(=O)N(c2cc(Cl)c(=O)n(C)c2)C1c1ccc(Cl)c(F)c1)C(C)C. The molecule has 1 aliphatic heterocycles. The van der Waals surface area contributed by atoms with Crippen LogP contribution in [0.4, 0.5) is 21.7 Å². The topological polar surface area (TPSA) is 121 Å². The Hall–Kier alpha value is -3.80. The number of aromatic nitrogens is 3. The van der Waals surface area contributed by atoms with Crippen LogP contribution in [0.15, 0.2) is 52.7 Å². The number of rotatable bonds is 7. The molecule has 1 unspecified atom stereocenters. The van der Waals surface area contributed by atoms with Gasteiger partial charge in [-0.2, -0.15) is 4.98 Å². The van der Waals surface area contributed by atoms with Crippen molar-refractivity contribution in [1.29, 1.82) is 5.41 Å². The van der Waals surface area contributed by atoms with Crippen molar-refractivity contribution in [1.82, 2.24) is 14.5 Å². The number of amides is 1. The molecule has 1 amide bonds. The Morgan fingerprint density at radius 1 is 1.20 bits per heavy atom. The number of nitrogens with two attached hydrogens (primary N) is 1. The maximum atomic E-state index is 14.8. The van der Waals surface area contributed by atoms with Gasteiger partial charge in [0.1, 0.15) is 22.2 Å². The third-order valence-electron chi connectivity index (χ3n) is 6.50. The van der Waals surface area contributed by atoms with E-state index in [1.54, 1.807) is 36.6 Å². The van der Waals surface area contributed by atoms with Crippen LogP contribution in [0, 0.1) is 17.1 Å². The van der Waals surface area contributed by atoms with Crippen LogP contribution < -0.4 is 25.4 Å². The van der Waals surface area contributed by atoms with Crippen molar-refractivity contribution >= 4 is 52.1 Å². The van der Waals surface area contributed by atoms with Crippen molar-refractivity contribution in [3.05, 3.63) is 79.7 Å². The molecule has 1 atom stereocenters. The van der Waals surface area contributed by atoms with Gasteiger partial charge in [0.25, 0.3) is 17.3 Å². The number of nitrogens with zero attached hydrogens (tertiary/aromatic N) is 5. The second-order valence-corrected chi connectivity index (χ2v) is 10.6. The lowest BCUT2D eigenvalue weighted by molar-refractivity contribution is -0.526. The number of nitrogens with one attached hydrogen (secondary N) is 1. The van der Waals surface area contributed by atoms with Gasteiger partial charge in [-0.05, 0) is 23.8 Å². The molecule has 0 spiro atoms. The maximum Gasteiger partial charge on any atom is 0.281 e. The molecule has 0 bridgehead atoms. The molecule has 4 rings (SSSR count). The van der Waals surface area contributed by atoms with E-state index in [0.29, 0.717) is 34.3 Å². The van der Waals surface area contributed by atoms with Crippen molar-refractivity contribution in [2.75, 3.05) is 31.0 Å². The summed E-state index contributed by atoms with van der Waals surface area (Å²) in [7, 11) is 6.61. The van der Waals surface area contributed by atoms with Crippen molar-refractivity contribution in [3.8, 4) is 5.88 Å².